The van der Waals surface area contributed by atoms with E-state index in [4.69, 9.17) is 0 Å². The molecule has 0 atom stereocenters. The van der Waals surface area contributed by atoms with Gasteiger partial charge in [0.2, 0.25) is 0 Å². The summed E-state index contributed by atoms with van der Waals surface area (Å²) in [5.74, 6) is -0.00463. The predicted octanol–water partition coefficient (Wildman–Crippen LogP) is 0.0567. The summed E-state index contributed by atoms with van der Waals surface area (Å²) in [7, 11) is 0. The van der Waals surface area contributed by atoms with E-state index >= 15 is 0 Å². The molecule has 42 valence electrons. The molecule has 0 unspecified atom stereocenters. The van der Waals surface area contributed by atoms with Crippen LogP contribution in [0.5, 0.6) is 0 Å². The highest BCUT2D eigenvalue weighted by Crippen LogP contribution is 1.96. The van der Waals surface area contributed by atoms with Crippen LogP contribution < -0.4 is 0 Å². The van der Waals surface area contributed by atoms with Gasteiger partial charge in [0.05, 0.1) is 0 Å². The largest absolute Gasteiger partial charge is 0.295 e. The van der Waals surface area contributed by atoms with Crippen molar-refractivity contribution in [1.29, 1.82) is 0 Å². The van der Waals surface area contributed by atoms with Gasteiger partial charge in [0.15, 0.2) is 11.9 Å². The van der Waals surface area contributed by atoms with Crippen molar-refractivity contribution in [1.82, 2.24) is 0 Å². The van der Waals surface area contributed by atoms with Crippen LogP contribution in [0.4, 0.5) is 0 Å². The molecule has 0 aromatic carbocycles. The van der Waals surface area contributed by atoms with Gasteiger partial charge >= 0.3 is 0 Å². The van der Waals surface area contributed by atoms with Crippen molar-refractivity contribution >= 4 is 18.2 Å². The van der Waals surface area contributed by atoms with Crippen LogP contribution in [0.15, 0.2) is 9.98 Å². The normalized spacial score (nSPS) is 17.6. The Balaban J connectivity index is 2.62. The minimum Gasteiger partial charge on any atom is -0.295 e. The lowest BCUT2D eigenvalue weighted by molar-refractivity contribution is -0.117. The highest BCUT2D eigenvalue weighted by Gasteiger charge is 2.09. The number of nitrogens with zero attached hydrogens (tertiary/aromatic N) is 2. The van der Waals surface area contributed by atoms with E-state index in [0.717, 1.165) is 0 Å². The zero-order valence-electron chi connectivity index (χ0n) is 4.53. The lowest BCUT2D eigenvalue weighted by Crippen LogP contribution is -2.08. The van der Waals surface area contributed by atoms with Gasteiger partial charge in [0.25, 0.3) is 0 Å². The minimum absolute atomic E-state index is 0.00463. The molecular weight excluding hydrogens is 104 g/mol. The summed E-state index contributed by atoms with van der Waals surface area (Å²) in [5, 5.41) is 0. The standard InChI is InChI=1S/C5H6N2O/c1-4(8)5-6-2-3-7-5/h2-3,5H,1H3. The van der Waals surface area contributed by atoms with Gasteiger partial charge in [0, 0.05) is 12.4 Å². The van der Waals surface area contributed by atoms with Crippen molar-refractivity contribution in [2.24, 2.45) is 9.98 Å². The average molecular weight is 110 g/mol. The van der Waals surface area contributed by atoms with Crippen LogP contribution in [0.3, 0.4) is 0 Å². The van der Waals surface area contributed by atoms with Crippen LogP contribution in [-0.2, 0) is 4.79 Å². The molecule has 0 aromatic rings. The Hall–Kier alpha value is -0.990. The Morgan fingerprint density at radius 1 is 1.50 bits per heavy atom. The molecule has 3 nitrogen and oxygen atoms in total. The van der Waals surface area contributed by atoms with Crippen molar-refractivity contribution in [2.45, 2.75) is 13.1 Å². The van der Waals surface area contributed by atoms with E-state index in [1.807, 2.05) is 0 Å². The molecule has 0 N–H and O–H groups in total. The zero-order valence-corrected chi connectivity index (χ0v) is 4.53. The van der Waals surface area contributed by atoms with E-state index in [-0.39, 0.29) is 5.78 Å². The SMILES string of the molecule is CC(=O)C1N=CC=N1. The molecule has 0 aromatic heterocycles. The van der Waals surface area contributed by atoms with Gasteiger partial charge in [-0.3, -0.25) is 14.8 Å². The van der Waals surface area contributed by atoms with E-state index in [1.54, 1.807) is 0 Å². The summed E-state index contributed by atoms with van der Waals surface area (Å²) < 4.78 is 0. The fourth-order valence-electron chi connectivity index (χ4n) is 0.488. The molecule has 0 bridgehead atoms. The maximum absolute atomic E-state index is 10.4. The Morgan fingerprint density at radius 2 is 2.00 bits per heavy atom. The van der Waals surface area contributed by atoms with Gasteiger partial charge in [-0.25, -0.2) is 0 Å². The summed E-state index contributed by atoms with van der Waals surface area (Å²) in [5.41, 5.74) is 0. The van der Waals surface area contributed by atoms with Crippen molar-refractivity contribution < 1.29 is 4.79 Å². The first-order valence-corrected chi connectivity index (χ1v) is 2.36. The van der Waals surface area contributed by atoms with Gasteiger partial charge in [0.1, 0.15) is 0 Å². The number of carbonyl (C=O) groups is 1. The monoisotopic (exact) mass is 110 g/mol. The van der Waals surface area contributed by atoms with Crippen LogP contribution in [0.2, 0.25) is 0 Å². The number of rotatable bonds is 1. The fraction of sp³-hybridized carbons (Fsp3) is 0.400. The van der Waals surface area contributed by atoms with Gasteiger partial charge in [-0.15, -0.1) is 0 Å². The van der Waals surface area contributed by atoms with Crippen molar-refractivity contribution in [3.63, 3.8) is 0 Å². The van der Waals surface area contributed by atoms with Gasteiger partial charge in [-0.05, 0) is 6.92 Å². The molecule has 1 rings (SSSR count). The molecule has 8 heavy (non-hydrogen) atoms. The molecule has 3 heteroatoms. The number of hydrogen-bond donors (Lipinski definition) is 0. The summed E-state index contributed by atoms with van der Waals surface area (Å²) in [6.07, 6.45) is 2.63. The molecule has 0 saturated carbocycles. The van der Waals surface area contributed by atoms with Crippen molar-refractivity contribution in [2.75, 3.05) is 0 Å². The van der Waals surface area contributed by atoms with Crippen LogP contribution in [-0.4, -0.2) is 24.4 Å². The highest BCUT2D eigenvalue weighted by atomic mass is 16.1. The Kier molecular flexibility index (Phi) is 1.20. The zero-order chi connectivity index (χ0) is 5.98. The van der Waals surface area contributed by atoms with Crippen LogP contribution >= 0.6 is 0 Å². The second-order valence-corrected chi connectivity index (χ2v) is 1.58. The molecule has 0 spiro atoms. The topological polar surface area (TPSA) is 41.8 Å². The Labute approximate surface area is 47.1 Å². The first-order valence-electron chi connectivity index (χ1n) is 2.36. The first-order chi connectivity index (χ1) is 3.80. The molecule has 1 heterocycles. The Bertz CT molecular complexity index is 148. The van der Waals surface area contributed by atoms with Crippen molar-refractivity contribution in [3.05, 3.63) is 0 Å². The molecule has 1 aliphatic heterocycles. The maximum atomic E-state index is 10.4. The fourth-order valence-corrected chi connectivity index (χ4v) is 0.488. The average Bonchev–Trinajstić information content (AvgIpc) is 2.12. The molecule has 0 saturated heterocycles. The predicted molar refractivity (Wildman–Crippen MR) is 31.5 cm³/mol. The quantitative estimate of drug-likeness (QED) is 0.470. The number of hydrogen-bond acceptors (Lipinski definition) is 3. The Morgan fingerprint density at radius 3 is 2.25 bits per heavy atom. The lowest BCUT2D eigenvalue weighted by atomic mass is 10.4. The van der Waals surface area contributed by atoms with Gasteiger partial charge in [-0.1, -0.05) is 0 Å². The third kappa shape index (κ3) is 0.804. The molecular formula is C5H6N2O. The summed E-state index contributed by atoms with van der Waals surface area (Å²) >= 11 is 0. The van der Waals surface area contributed by atoms with E-state index in [9.17, 15) is 4.79 Å². The van der Waals surface area contributed by atoms with Gasteiger partial charge < -0.3 is 0 Å². The summed E-state index contributed by atoms with van der Waals surface area (Å²) in [6.45, 7) is 1.48. The smallest absolute Gasteiger partial charge is 0.197 e. The van der Waals surface area contributed by atoms with Crippen molar-refractivity contribution in [3.8, 4) is 0 Å². The maximum Gasteiger partial charge on any atom is 0.197 e. The minimum atomic E-state index is -0.435. The van der Waals surface area contributed by atoms with Crippen LogP contribution in [0.1, 0.15) is 6.92 Å². The first kappa shape index (κ1) is 5.15. The van der Waals surface area contributed by atoms with Crippen LogP contribution in [0, 0.1) is 0 Å². The third-order valence-electron chi connectivity index (χ3n) is 0.885. The molecule has 0 amide bonds. The summed E-state index contributed by atoms with van der Waals surface area (Å²) in [4.78, 5) is 17.9. The number of aliphatic imine (C=N–C) groups is 2. The van der Waals surface area contributed by atoms with Gasteiger partial charge in [-0.2, -0.15) is 0 Å². The number of Topliss-reactive ketones (excluding diaryl/α,β-unsaturated/α-hetero) is 1. The molecule has 1 aliphatic rings. The van der Waals surface area contributed by atoms with E-state index in [1.165, 1.54) is 19.4 Å². The number of carbonyl (C=O) groups excluding carboxylic acids is 1. The van der Waals surface area contributed by atoms with E-state index < -0.39 is 6.17 Å². The summed E-state index contributed by atoms with van der Waals surface area (Å²) in [6, 6.07) is 0. The second-order valence-electron chi connectivity index (χ2n) is 1.58. The molecule has 0 fully saturated rings. The second kappa shape index (κ2) is 1.86. The van der Waals surface area contributed by atoms with E-state index in [0.29, 0.717) is 0 Å². The molecule has 0 radical (unpaired) electrons. The molecule has 0 aliphatic carbocycles. The van der Waals surface area contributed by atoms with E-state index in [2.05, 4.69) is 9.98 Å². The highest BCUT2D eigenvalue weighted by molar-refractivity contribution is 6.18. The number of ketones is 1. The lowest BCUT2D eigenvalue weighted by Gasteiger charge is -1.92. The third-order valence-corrected chi connectivity index (χ3v) is 0.885. The van der Waals surface area contributed by atoms with Crippen LogP contribution in [0.25, 0.3) is 0 Å².